The third-order valence-electron chi connectivity index (χ3n) is 2.85. The Morgan fingerprint density at radius 1 is 1.19 bits per heavy atom. The van der Waals surface area contributed by atoms with Gasteiger partial charge in [0.25, 0.3) is 0 Å². The molecule has 1 unspecified atom stereocenters. The molecule has 0 amide bonds. The van der Waals surface area contributed by atoms with Crippen LogP contribution in [0.4, 0.5) is 0 Å². The lowest BCUT2D eigenvalue weighted by Gasteiger charge is -2.14. The molecule has 0 aromatic heterocycles. The molecule has 0 radical (unpaired) electrons. The second-order valence-corrected chi connectivity index (χ2v) is 6.02. The van der Waals surface area contributed by atoms with Crippen molar-refractivity contribution >= 4 is 10.0 Å². The first kappa shape index (κ1) is 15.0. The molecule has 2 aromatic carbocycles. The van der Waals surface area contributed by atoms with Gasteiger partial charge in [0.15, 0.2) is 6.10 Å². The minimum absolute atomic E-state index is 0.00156. The highest BCUT2D eigenvalue weighted by Crippen LogP contribution is 2.32. The fourth-order valence-corrected chi connectivity index (χ4v) is 2.39. The van der Waals surface area contributed by atoms with Crippen molar-refractivity contribution in [3.05, 3.63) is 48.5 Å². The van der Waals surface area contributed by atoms with Crippen LogP contribution < -0.4 is 9.88 Å². The fraction of sp³-hybridized carbons (Fsp3) is 0.133. The number of primary sulfonamides is 1. The molecule has 21 heavy (non-hydrogen) atoms. The first-order valence-corrected chi connectivity index (χ1v) is 7.75. The van der Waals surface area contributed by atoms with Crippen LogP contribution in [0.2, 0.25) is 0 Å². The zero-order valence-electron chi connectivity index (χ0n) is 11.4. The molecule has 0 spiro atoms. The molecule has 0 bridgehead atoms. The van der Waals surface area contributed by atoms with Crippen LogP contribution >= 0.6 is 0 Å². The van der Waals surface area contributed by atoms with E-state index in [0.717, 1.165) is 5.56 Å². The summed E-state index contributed by atoms with van der Waals surface area (Å²) in [5, 5.41) is 14.0. The lowest BCUT2D eigenvalue weighted by atomic mass is 10.0. The van der Waals surface area contributed by atoms with Crippen LogP contribution in [0.25, 0.3) is 11.1 Å². The van der Waals surface area contributed by atoms with Crippen LogP contribution in [0, 0.1) is 11.3 Å². The minimum Gasteiger partial charge on any atom is -0.475 e. The molecule has 0 fully saturated rings. The van der Waals surface area contributed by atoms with Crippen molar-refractivity contribution in [3.8, 4) is 22.9 Å². The Labute approximate surface area is 123 Å². The van der Waals surface area contributed by atoms with E-state index in [1.165, 1.54) is 18.2 Å². The lowest BCUT2D eigenvalue weighted by molar-refractivity contribution is 0.277. The average Bonchev–Trinajstić information content (AvgIpc) is 2.47. The van der Waals surface area contributed by atoms with Gasteiger partial charge >= 0.3 is 0 Å². The normalized spacial score (nSPS) is 12.4. The van der Waals surface area contributed by atoms with Gasteiger partial charge in [-0.25, -0.2) is 13.6 Å². The van der Waals surface area contributed by atoms with E-state index in [1.807, 2.05) is 36.4 Å². The molecule has 0 saturated carbocycles. The van der Waals surface area contributed by atoms with Crippen LogP contribution in [-0.4, -0.2) is 14.5 Å². The molecule has 0 heterocycles. The van der Waals surface area contributed by atoms with Crippen molar-refractivity contribution in [2.75, 3.05) is 0 Å². The van der Waals surface area contributed by atoms with E-state index in [9.17, 15) is 8.42 Å². The summed E-state index contributed by atoms with van der Waals surface area (Å²) in [7, 11) is -3.80. The fourth-order valence-electron chi connectivity index (χ4n) is 1.85. The molecular weight excluding hydrogens is 288 g/mol. The summed E-state index contributed by atoms with van der Waals surface area (Å²) >= 11 is 0. The monoisotopic (exact) mass is 302 g/mol. The average molecular weight is 302 g/mol. The molecule has 0 saturated heterocycles. The summed E-state index contributed by atoms with van der Waals surface area (Å²) in [6.07, 6.45) is -0.646. The van der Waals surface area contributed by atoms with Crippen LogP contribution in [0.5, 0.6) is 5.75 Å². The number of nitrogens with two attached hydrogens (primary N) is 1. The molecule has 2 rings (SSSR count). The minimum atomic E-state index is -3.80. The molecule has 0 aliphatic heterocycles. The van der Waals surface area contributed by atoms with E-state index >= 15 is 0 Å². The standard InChI is InChI=1S/C15H14N2O3S/c1-11(10-16)20-15-8-7-13(21(17,18)19)9-14(15)12-5-3-2-4-6-12/h2-9,11H,1H3,(H2,17,18,19). The Morgan fingerprint density at radius 2 is 1.86 bits per heavy atom. The lowest BCUT2D eigenvalue weighted by Crippen LogP contribution is -2.13. The number of hydrogen-bond acceptors (Lipinski definition) is 4. The van der Waals surface area contributed by atoms with Gasteiger partial charge in [-0.15, -0.1) is 0 Å². The number of benzene rings is 2. The van der Waals surface area contributed by atoms with Crippen LogP contribution in [0.1, 0.15) is 6.92 Å². The van der Waals surface area contributed by atoms with E-state index in [-0.39, 0.29) is 4.90 Å². The van der Waals surface area contributed by atoms with Crippen molar-refractivity contribution in [1.29, 1.82) is 5.26 Å². The van der Waals surface area contributed by atoms with E-state index in [0.29, 0.717) is 11.3 Å². The molecule has 0 aliphatic rings. The molecule has 0 aliphatic carbocycles. The highest BCUT2D eigenvalue weighted by atomic mass is 32.2. The maximum atomic E-state index is 11.5. The second-order valence-electron chi connectivity index (χ2n) is 4.46. The maximum Gasteiger partial charge on any atom is 0.238 e. The van der Waals surface area contributed by atoms with Gasteiger partial charge in [-0.3, -0.25) is 0 Å². The third kappa shape index (κ3) is 3.60. The van der Waals surface area contributed by atoms with Gasteiger partial charge in [-0.05, 0) is 30.7 Å². The summed E-state index contributed by atoms with van der Waals surface area (Å²) in [5.74, 6) is 0.433. The smallest absolute Gasteiger partial charge is 0.238 e. The Balaban J connectivity index is 2.59. The van der Waals surface area contributed by atoms with Gasteiger partial charge in [-0.2, -0.15) is 5.26 Å². The number of ether oxygens (including phenoxy) is 1. The van der Waals surface area contributed by atoms with Crippen molar-refractivity contribution in [2.45, 2.75) is 17.9 Å². The number of nitrogens with zero attached hydrogens (tertiary/aromatic N) is 1. The van der Waals surface area contributed by atoms with Crippen molar-refractivity contribution < 1.29 is 13.2 Å². The highest BCUT2D eigenvalue weighted by Gasteiger charge is 2.15. The number of rotatable bonds is 4. The van der Waals surface area contributed by atoms with Gasteiger partial charge in [0.2, 0.25) is 10.0 Å². The zero-order chi connectivity index (χ0) is 15.5. The maximum absolute atomic E-state index is 11.5. The Kier molecular flexibility index (Phi) is 4.26. The van der Waals surface area contributed by atoms with Crippen LogP contribution in [0.15, 0.2) is 53.4 Å². The van der Waals surface area contributed by atoms with E-state index in [1.54, 1.807) is 6.92 Å². The summed E-state index contributed by atoms with van der Waals surface area (Å²) in [6, 6.07) is 15.5. The van der Waals surface area contributed by atoms with Gasteiger partial charge in [-0.1, -0.05) is 30.3 Å². The predicted molar refractivity (Wildman–Crippen MR) is 79.0 cm³/mol. The molecule has 5 nitrogen and oxygen atoms in total. The van der Waals surface area contributed by atoms with Crippen molar-refractivity contribution in [1.82, 2.24) is 0 Å². The third-order valence-corrected chi connectivity index (χ3v) is 3.76. The topological polar surface area (TPSA) is 93.2 Å². The quantitative estimate of drug-likeness (QED) is 0.937. The molecule has 2 aromatic rings. The Hall–Kier alpha value is -2.36. The summed E-state index contributed by atoms with van der Waals surface area (Å²) < 4.78 is 28.5. The Bertz CT molecular complexity index is 780. The zero-order valence-corrected chi connectivity index (χ0v) is 12.2. The van der Waals surface area contributed by atoms with Crippen molar-refractivity contribution in [2.24, 2.45) is 5.14 Å². The second kappa shape index (κ2) is 5.95. The predicted octanol–water partition coefficient (Wildman–Crippen LogP) is 2.29. The molecule has 108 valence electrons. The van der Waals surface area contributed by atoms with Gasteiger partial charge in [0, 0.05) is 5.56 Å². The number of nitriles is 1. The summed E-state index contributed by atoms with van der Waals surface area (Å²) in [4.78, 5) is -0.00156. The van der Waals surface area contributed by atoms with Crippen LogP contribution in [-0.2, 0) is 10.0 Å². The summed E-state index contributed by atoms with van der Waals surface area (Å²) in [6.45, 7) is 1.61. The Morgan fingerprint density at radius 3 is 2.43 bits per heavy atom. The number of hydrogen-bond donors (Lipinski definition) is 1. The molecule has 2 N–H and O–H groups in total. The van der Waals surface area contributed by atoms with Gasteiger partial charge in [0.05, 0.1) is 4.90 Å². The van der Waals surface area contributed by atoms with Gasteiger partial charge in [0.1, 0.15) is 11.8 Å². The SMILES string of the molecule is CC(C#N)Oc1ccc(S(N)(=O)=O)cc1-c1ccccc1. The molecular formula is C15H14N2O3S. The largest absolute Gasteiger partial charge is 0.475 e. The van der Waals surface area contributed by atoms with Crippen LogP contribution in [0.3, 0.4) is 0 Å². The van der Waals surface area contributed by atoms with E-state index in [2.05, 4.69) is 0 Å². The first-order valence-electron chi connectivity index (χ1n) is 6.20. The first-order chi connectivity index (χ1) is 9.91. The van der Waals surface area contributed by atoms with E-state index in [4.69, 9.17) is 15.1 Å². The van der Waals surface area contributed by atoms with Crippen molar-refractivity contribution in [3.63, 3.8) is 0 Å². The number of sulfonamides is 1. The molecule has 1 atom stereocenters. The van der Waals surface area contributed by atoms with E-state index < -0.39 is 16.1 Å². The van der Waals surface area contributed by atoms with Gasteiger partial charge < -0.3 is 4.74 Å². The molecule has 6 heteroatoms. The highest BCUT2D eigenvalue weighted by molar-refractivity contribution is 7.89. The summed E-state index contributed by atoms with van der Waals surface area (Å²) in [5.41, 5.74) is 1.35.